The minimum absolute atomic E-state index is 0.700. The fourth-order valence-electron chi connectivity index (χ4n) is 2.19. The van der Waals surface area contributed by atoms with E-state index in [0.29, 0.717) is 4.77 Å². The summed E-state index contributed by atoms with van der Waals surface area (Å²) >= 11 is 12.5. The predicted octanol–water partition coefficient (Wildman–Crippen LogP) is 5.52. The van der Waals surface area contributed by atoms with Crippen LogP contribution in [0, 0.1) is 11.7 Å². The summed E-state index contributed by atoms with van der Waals surface area (Å²) in [4.78, 5) is 3.24. The molecule has 0 unspecified atom stereocenters. The standard InChI is InChI=1S/C14H10Br2N2S/c1-8-4-10(16)6-11(5-8)18-13-3-2-9(15)7-12(13)17-14(18)19/h2-7H,1H3,(H,17,19). The van der Waals surface area contributed by atoms with Crippen molar-refractivity contribution in [2.75, 3.05) is 0 Å². The first-order chi connectivity index (χ1) is 9.04. The smallest absolute Gasteiger partial charge is 0.182 e. The molecule has 0 atom stereocenters. The van der Waals surface area contributed by atoms with Crippen LogP contribution in [-0.2, 0) is 0 Å². The molecule has 0 saturated heterocycles. The summed E-state index contributed by atoms with van der Waals surface area (Å²) in [6, 6.07) is 12.4. The van der Waals surface area contributed by atoms with E-state index < -0.39 is 0 Å². The van der Waals surface area contributed by atoms with Crippen molar-refractivity contribution in [3.63, 3.8) is 0 Å². The summed E-state index contributed by atoms with van der Waals surface area (Å²) in [5.74, 6) is 0. The Kier molecular flexibility index (Phi) is 3.37. The highest BCUT2D eigenvalue weighted by molar-refractivity contribution is 9.10. The van der Waals surface area contributed by atoms with E-state index in [-0.39, 0.29) is 0 Å². The van der Waals surface area contributed by atoms with Crippen LogP contribution in [0.2, 0.25) is 0 Å². The molecule has 2 aromatic carbocycles. The van der Waals surface area contributed by atoms with Gasteiger partial charge in [-0.2, -0.15) is 0 Å². The number of fused-ring (bicyclic) bond motifs is 1. The Hall–Kier alpha value is -0.910. The summed E-state index contributed by atoms with van der Waals surface area (Å²) in [6.45, 7) is 2.07. The van der Waals surface area contributed by atoms with Crippen LogP contribution >= 0.6 is 44.1 Å². The van der Waals surface area contributed by atoms with E-state index >= 15 is 0 Å². The number of H-pyrrole nitrogens is 1. The van der Waals surface area contributed by atoms with E-state index in [1.807, 2.05) is 12.1 Å². The first-order valence-electron chi connectivity index (χ1n) is 5.72. The van der Waals surface area contributed by atoms with E-state index in [0.717, 1.165) is 25.7 Å². The fourth-order valence-corrected chi connectivity index (χ4v) is 3.46. The summed E-state index contributed by atoms with van der Waals surface area (Å²) in [5, 5.41) is 0. The van der Waals surface area contributed by atoms with E-state index in [1.54, 1.807) is 0 Å². The zero-order chi connectivity index (χ0) is 13.6. The number of halogens is 2. The Bertz CT molecular complexity index is 813. The second-order valence-corrected chi connectivity index (χ2v) is 6.63. The lowest BCUT2D eigenvalue weighted by atomic mass is 10.2. The van der Waals surface area contributed by atoms with Gasteiger partial charge in [-0.3, -0.25) is 4.57 Å². The average molecular weight is 398 g/mol. The molecule has 0 aliphatic rings. The number of aromatic amines is 1. The molecule has 2 nitrogen and oxygen atoms in total. The molecule has 3 rings (SSSR count). The van der Waals surface area contributed by atoms with Crippen LogP contribution < -0.4 is 0 Å². The molecule has 96 valence electrons. The number of rotatable bonds is 1. The summed E-state index contributed by atoms with van der Waals surface area (Å²) in [6.07, 6.45) is 0. The van der Waals surface area contributed by atoms with Gasteiger partial charge in [-0.05, 0) is 61.1 Å². The minimum Gasteiger partial charge on any atom is -0.330 e. The molecule has 0 saturated carbocycles. The van der Waals surface area contributed by atoms with E-state index in [1.165, 1.54) is 5.56 Å². The Morgan fingerprint density at radius 2 is 1.84 bits per heavy atom. The number of nitrogens with one attached hydrogen (secondary N) is 1. The van der Waals surface area contributed by atoms with Crippen molar-refractivity contribution in [3.05, 3.63) is 55.7 Å². The molecule has 0 aliphatic heterocycles. The Balaban J connectivity index is 2.36. The normalized spacial score (nSPS) is 11.1. The van der Waals surface area contributed by atoms with Crippen LogP contribution in [0.1, 0.15) is 5.56 Å². The molecule has 5 heteroatoms. The molecule has 19 heavy (non-hydrogen) atoms. The average Bonchev–Trinajstić information content (AvgIpc) is 2.62. The van der Waals surface area contributed by atoms with Gasteiger partial charge in [-0.15, -0.1) is 0 Å². The topological polar surface area (TPSA) is 20.7 Å². The SMILES string of the molecule is Cc1cc(Br)cc(-n2c(=S)[nH]c3cc(Br)ccc32)c1. The first-order valence-corrected chi connectivity index (χ1v) is 7.72. The van der Waals surface area contributed by atoms with Crippen molar-refractivity contribution < 1.29 is 0 Å². The van der Waals surface area contributed by atoms with Crippen molar-refractivity contribution in [2.45, 2.75) is 6.92 Å². The van der Waals surface area contributed by atoms with E-state index in [4.69, 9.17) is 12.2 Å². The first kappa shape index (κ1) is 13.1. The minimum atomic E-state index is 0.700. The van der Waals surface area contributed by atoms with E-state index in [9.17, 15) is 0 Å². The Labute approximate surface area is 132 Å². The Morgan fingerprint density at radius 3 is 2.58 bits per heavy atom. The van der Waals surface area contributed by atoms with Gasteiger partial charge in [0.05, 0.1) is 11.0 Å². The lowest BCUT2D eigenvalue weighted by Crippen LogP contribution is -1.94. The van der Waals surface area contributed by atoms with Gasteiger partial charge in [0, 0.05) is 14.6 Å². The molecule has 0 spiro atoms. The van der Waals surface area contributed by atoms with Gasteiger partial charge in [0.2, 0.25) is 0 Å². The third-order valence-corrected chi connectivity index (χ3v) is 4.17. The van der Waals surface area contributed by atoms with Crippen molar-refractivity contribution in [2.24, 2.45) is 0 Å². The number of benzene rings is 2. The highest BCUT2D eigenvalue weighted by Gasteiger charge is 2.07. The second-order valence-electron chi connectivity index (χ2n) is 4.41. The maximum Gasteiger partial charge on any atom is 0.182 e. The number of hydrogen-bond donors (Lipinski definition) is 1. The van der Waals surface area contributed by atoms with Crippen LogP contribution in [0.15, 0.2) is 45.3 Å². The van der Waals surface area contributed by atoms with Crippen molar-refractivity contribution >= 4 is 55.1 Å². The molecule has 0 bridgehead atoms. The van der Waals surface area contributed by atoms with Gasteiger partial charge < -0.3 is 4.98 Å². The quantitative estimate of drug-likeness (QED) is 0.536. The molecule has 3 aromatic rings. The third-order valence-electron chi connectivity index (χ3n) is 2.93. The van der Waals surface area contributed by atoms with Gasteiger partial charge >= 0.3 is 0 Å². The molecule has 0 fully saturated rings. The maximum atomic E-state index is 5.44. The maximum absolute atomic E-state index is 5.44. The number of nitrogens with zero attached hydrogens (tertiary/aromatic N) is 1. The second kappa shape index (κ2) is 4.89. The zero-order valence-corrected chi connectivity index (χ0v) is 14.1. The number of hydrogen-bond acceptors (Lipinski definition) is 1. The van der Waals surface area contributed by atoms with Crippen molar-refractivity contribution in [1.29, 1.82) is 0 Å². The molecule has 1 aromatic heterocycles. The molecule has 0 amide bonds. The predicted molar refractivity (Wildman–Crippen MR) is 88.6 cm³/mol. The summed E-state index contributed by atoms with van der Waals surface area (Å²) < 4.78 is 4.84. The molecule has 1 N–H and O–H groups in total. The monoisotopic (exact) mass is 396 g/mol. The number of imidazole rings is 1. The van der Waals surface area contributed by atoms with Gasteiger partial charge in [0.1, 0.15) is 0 Å². The van der Waals surface area contributed by atoms with Gasteiger partial charge in [-0.1, -0.05) is 31.9 Å². The van der Waals surface area contributed by atoms with E-state index in [2.05, 4.69) is 72.6 Å². The molecular formula is C14H10Br2N2S. The zero-order valence-electron chi connectivity index (χ0n) is 10.1. The number of aromatic nitrogens is 2. The molecular weight excluding hydrogens is 388 g/mol. The Morgan fingerprint density at radius 1 is 1.05 bits per heavy atom. The molecule has 1 heterocycles. The molecule has 0 radical (unpaired) electrons. The lowest BCUT2D eigenvalue weighted by molar-refractivity contribution is 1.06. The lowest BCUT2D eigenvalue weighted by Gasteiger charge is -2.07. The molecule has 0 aliphatic carbocycles. The van der Waals surface area contributed by atoms with Crippen LogP contribution in [0.5, 0.6) is 0 Å². The van der Waals surface area contributed by atoms with Crippen molar-refractivity contribution in [1.82, 2.24) is 9.55 Å². The van der Waals surface area contributed by atoms with Crippen molar-refractivity contribution in [3.8, 4) is 5.69 Å². The fraction of sp³-hybridized carbons (Fsp3) is 0.0714. The summed E-state index contributed by atoms with van der Waals surface area (Å²) in [5.41, 5.74) is 4.35. The largest absolute Gasteiger partial charge is 0.330 e. The van der Waals surface area contributed by atoms with Crippen LogP contribution in [-0.4, -0.2) is 9.55 Å². The highest BCUT2D eigenvalue weighted by atomic mass is 79.9. The van der Waals surface area contributed by atoms with Gasteiger partial charge in [0.25, 0.3) is 0 Å². The van der Waals surface area contributed by atoms with Gasteiger partial charge in [0.15, 0.2) is 4.77 Å². The van der Waals surface area contributed by atoms with Gasteiger partial charge in [-0.25, -0.2) is 0 Å². The van der Waals surface area contributed by atoms with Crippen LogP contribution in [0.3, 0.4) is 0 Å². The third kappa shape index (κ3) is 2.42. The van der Waals surface area contributed by atoms with Crippen LogP contribution in [0.25, 0.3) is 16.7 Å². The highest BCUT2D eigenvalue weighted by Crippen LogP contribution is 2.25. The number of aryl methyl sites for hydroxylation is 1. The van der Waals surface area contributed by atoms with Crippen LogP contribution in [0.4, 0.5) is 0 Å². The summed E-state index contributed by atoms with van der Waals surface area (Å²) in [7, 11) is 0.